The third-order valence-corrected chi connectivity index (χ3v) is 5.79. The lowest BCUT2D eigenvalue weighted by Crippen LogP contribution is -2.14. The summed E-state index contributed by atoms with van der Waals surface area (Å²) < 4.78 is 19.0. The van der Waals surface area contributed by atoms with E-state index in [1.165, 1.54) is 0 Å². The highest BCUT2D eigenvalue weighted by atomic mass is 16.5. The quantitative estimate of drug-likeness (QED) is 0.405. The summed E-state index contributed by atoms with van der Waals surface area (Å²) in [6.07, 6.45) is 1.57. The van der Waals surface area contributed by atoms with Crippen molar-refractivity contribution in [3.05, 3.63) is 102 Å². The predicted octanol–water partition coefficient (Wildman–Crippen LogP) is 4.70. The van der Waals surface area contributed by atoms with Gasteiger partial charge in [-0.1, -0.05) is 48.5 Å². The van der Waals surface area contributed by atoms with Crippen LogP contribution in [0.2, 0.25) is 0 Å². The third-order valence-electron chi connectivity index (χ3n) is 5.79. The first kappa shape index (κ1) is 20.0. The van der Waals surface area contributed by atoms with Gasteiger partial charge in [0.25, 0.3) is 0 Å². The molecule has 1 aliphatic heterocycles. The molecule has 0 unspecified atom stereocenters. The second-order valence-corrected chi connectivity index (χ2v) is 7.87. The molecule has 0 bridgehead atoms. The minimum Gasteiger partial charge on any atom is -0.508 e. The lowest BCUT2D eigenvalue weighted by Gasteiger charge is -2.27. The van der Waals surface area contributed by atoms with Crippen LogP contribution in [0.4, 0.5) is 0 Å². The van der Waals surface area contributed by atoms with Crippen LogP contribution in [-0.2, 0) is 6.61 Å². The first-order chi connectivity index (χ1) is 16.7. The fourth-order valence-electron chi connectivity index (χ4n) is 4.28. The summed E-state index contributed by atoms with van der Waals surface area (Å²) in [4.78, 5) is 9.29. The van der Waals surface area contributed by atoms with E-state index in [1.54, 1.807) is 30.1 Å². The number of rotatable bonds is 5. The molecule has 0 aliphatic carbocycles. The summed E-state index contributed by atoms with van der Waals surface area (Å²) in [5.74, 6) is 2.70. The molecule has 2 aromatic heterocycles. The summed E-state index contributed by atoms with van der Waals surface area (Å²) in [6.45, 7) is 0.165. The number of phenols is 1. The number of methoxy groups -OCH3 is 1. The zero-order valence-electron chi connectivity index (χ0n) is 18.3. The van der Waals surface area contributed by atoms with Crippen LogP contribution in [0.15, 0.2) is 79.1 Å². The highest BCUT2D eigenvalue weighted by molar-refractivity contribution is 5.66. The number of phenolic OH excluding ortho intramolecular Hbond substituents is 1. The maximum atomic E-state index is 10.0. The van der Waals surface area contributed by atoms with Crippen molar-refractivity contribution in [3.8, 4) is 28.9 Å². The fourth-order valence-corrected chi connectivity index (χ4v) is 4.28. The average molecular weight is 452 g/mol. The van der Waals surface area contributed by atoms with Crippen molar-refractivity contribution in [2.24, 2.45) is 0 Å². The Hall–Kier alpha value is -4.59. The van der Waals surface area contributed by atoms with Gasteiger partial charge in [-0.15, -0.1) is 5.10 Å². The van der Waals surface area contributed by atoms with Gasteiger partial charge in [0.15, 0.2) is 23.0 Å². The van der Waals surface area contributed by atoms with Crippen LogP contribution < -0.4 is 14.2 Å². The number of fused-ring (bicyclic) bond motifs is 4. The van der Waals surface area contributed by atoms with Crippen LogP contribution in [0.5, 0.6) is 28.9 Å². The molecule has 0 amide bonds. The number of hydrogen-bond donors (Lipinski definition) is 1. The van der Waals surface area contributed by atoms with Crippen LogP contribution in [0.1, 0.15) is 28.4 Å². The molecule has 0 fully saturated rings. The molecule has 0 radical (unpaired) electrons. The van der Waals surface area contributed by atoms with E-state index in [9.17, 15) is 5.11 Å². The zero-order chi connectivity index (χ0) is 23.1. The Labute approximate surface area is 195 Å². The Kier molecular flexibility index (Phi) is 4.76. The van der Waals surface area contributed by atoms with E-state index in [2.05, 4.69) is 22.2 Å². The summed E-state index contributed by atoms with van der Waals surface area (Å²) in [7, 11) is 1.60. The van der Waals surface area contributed by atoms with Gasteiger partial charge in [-0.2, -0.15) is 0 Å². The molecule has 0 spiro atoms. The molecule has 6 rings (SSSR count). The highest BCUT2D eigenvalue weighted by Crippen LogP contribution is 2.48. The van der Waals surface area contributed by atoms with Crippen LogP contribution in [-0.4, -0.2) is 31.8 Å². The Morgan fingerprint density at radius 2 is 1.79 bits per heavy atom. The van der Waals surface area contributed by atoms with E-state index in [0.717, 1.165) is 16.7 Å². The number of hydrogen-bond acceptors (Lipinski definition) is 7. The molecule has 0 saturated heterocycles. The van der Waals surface area contributed by atoms with Gasteiger partial charge in [-0.3, -0.25) is 0 Å². The van der Waals surface area contributed by atoms with E-state index < -0.39 is 0 Å². The summed E-state index contributed by atoms with van der Waals surface area (Å²) in [6, 6.07) is 22.7. The van der Waals surface area contributed by atoms with Gasteiger partial charge in [0.1, 0.15) is 24.4 Å². The molecule has 3 aromatic carbocycles. The van der Waals surface area contributed by atoms with Gasteiger partial charge < -0.3 is 19.3 Å². The van der Waals surface area contributed by atoms with Crippen LogP contribution in [0, 0.1) is 0 Å². The van der Waals surface area contributed by atoms with Crippen molar-refractivity contribution in [1.82, 2.24) is 19.6 Å². The minimum atomic E-state index is -0.191. The summed E-state index contributed by atoms with van der Waals surface area (Å²) in [5.41, 5.74) is 3.42. The number of para-hydroxylation sites is 2. The van der Waals surface area contributed by atoms with Gasteiger partial charge in [0.2, 0.25) is 5.88 Å². The summed E-state index contributed by atoms with van der Waals surface area (Å²) >= 11 is 0. The Balaban J connectivity index is 1.44. The number of aromatic hydroxyl groups is 1. The Morgan fingerprint density at radius 1 is 1.00 bits per heavy atom. The molecular weight excluding hydrogens is 432 g/mol. The smallest absolute Gasteiger partial charge is 0.228 e. The Bertz CT molecular complexity index is 1500. The lowest BCUT2D eigenvalue weighted by atomic mass is 9.84. The monoisotopic (exact) mass is 452 g/mol. The normalized spacial score (nSPS) is 14.2. The van der Waals surface area contributed by atoms with Crippen LogP contribution >= 0.6 is 0 Å². The molecule has 1 atom stereocenters. The number of aromatic nitrogens is 4. The molecule has 8 nitrogen and oxygen atoms in total. The van der Waals surface area contributed by atoms with Crippen molar-refractivity contribution in [2.45, 2.75) is 12.5 Å². The van der Waals surface area contributed by atoms with Gasteiger partial charge in [0.05, 0.1) is 12.7 Å². The molecule has 0 saturated carbocycles. The minimum absolute atomic E-state index is 0.133. The molecule has 8 heteroatoms. The molecular formula is C26H20N4O4. The fraction of sp³-hybridized carbons (Fsp3) is 0.115. The number of ether oxygens (including phenoxy) is 3. The van der Waals surface area contributed by atoms with Crippen molar-refractivity contribution < 1.29 is 19.3 Å². The summed E-state index contributed by atoms with van der Waals surface area (Å²) in [5, 5.41) is 14.6. The van der Waals surface area contributed by atoms with Crippen molar-refractivity contribution in [3.63, 3.8) is 0 Å². The van der Waals surface area contributed by atoms with Crippen molar-refractivity contribution in [1.29, 1.82) is 0 Å². The van der Waals surface area contributed by atoms with Gasteiger partial charge >= 0.3 is 0 Å². The molecule has 1 N–H and O–H groups in total. The second-order valence-electron chi connectivity index (χ2n) is 7.87. The first-order valence-corrected chi connectivity index (χ1v) is 10.8. The largest absolute Gasteiger partial charge is 0.508 e. The lowest BCUT2D eigenvalue weighted by molar-refractivity contribution is 0.276. The first-order valence-electron chi connectivity index (χ1n) is 10.8. The number of benzene rings is 3. The van der Waals surface area contributed by atoms with Crippen molar-refractivity contribution in [2.75, 3.05) is 7.11 Å². The Morgan fingerprint density at radius 3 is 2.62 bits per heavy atom. The molecule has 168 valence electrons. The molecule has 34 heavy (non-hydrogen) atoms. The van der Waals surface area contributed by atoms with Gasteiger partial charge in [-0.25, -0.2) is 14.5 Å². The predicted molar refractivity (Wildman–Crippen MR) is 124 cm³/mol. The third kappa shape index (κ3) is 3.36. The molecule has 1 aliphatic rings. The van der Waals surface area contributed by atoms with Gasteiger partial charge in [-0.05, 0) is 23.8 Å². The topological polar surface area (TPSA) is 91.0 Å². The van der Waals surface area contributed by atoms with Crippen molar-refractivity contribution >= 4 is 5.65 Å². The average Bonchev–Trinajstić information content (AvgIpc) is 3.30. The highest BCUT2D eigenvalue weighted by Gasteiger charge is 2.33. The zero-order valence-corrected chi connectivity index (χ0v) is 18.3. The van der Waals surface area contributed by atoms with E-state index >= 15 is 0 Å². The standard InChI is InChI=1S/C26H20N4O4/c1-32-19-9-5-6-10-20(19)33-14-22-28-25-24-23(16-7-3-2-4-8-16)18-12-11-17(31)13-21(18)34-26(24)27-15-30(25)29-22/h2-13,15,23,31H,14H2,1H3/t23-/m0/s1. The maximum Gasteiger partial charge on any atom is 0.228 e. The second kappa shape index (κ2) is 8.08. The van der Waals surface area contributed by atoms with Crippen LogP contribution in [0.25, 0.3) is 5.65 Å². The molecule has 5 aromatic rings. The van der Waals surface area contributed by atoms with E-state index in [4.69, 9.17) is 19.2 Å². The van der Waals surface area contributed by atoms with E-state index in [0.29, 0.717) is 34.6 Å². The van der Waals surface area contributed by atoms with E-state index in [1.807, 2.05) is 48.5 Å². The maximum absolute atomic E-state index is 10.0. The number of nitrogens with zero attached hydrogens (tertiary/aromatic N) is 4. The SMILES string of the molecule is COc1ccccc1OCc1nc2c3c(ncn2n1)Oc1cc(O)ccc1[C@@H]3c1ccccc1. The van der Waals surface area contributed by atoms with E-state index in [-0.39, 0.29) is 18.3 Å². The van der Waals surface area contributed by atoms with Gasteiger partial charge in [0, 0.05) is 17.5 Å². The molecule has 3 heterocycles. The van der Waals surface area contributed by atoms with Crippen LogP contribution in [0.3, 0.4) is 0 Å².